The van der Waals surface area contributed by atoms with Crippen molar-refractivity contribution in [1.82, 2.24) is 4.90 Å². The summed E-state index contributed by atoms with van der Waals surface area (Å²) in [4.78, 5) is 29.3. The van der Waals surface area contributed by atoms with E-state index < -0.39 is 0 Å². The van der Waals surface area contributed by atoms with Gasteiger partial charge in [-0.1, -0.05) is 24.1 Å². The van der Waals surface area contributed by atoms with Crippen LogP contribution in [0.25, 0.3) is 0 Å². The Kier molecular flexibility index (Phi) is 5.30. The lowest BCUT2D eigenvalue weighted by atomic mass is 10.0. The standard InChI is InChI=1S/C22H26N2O2S/c1-15-8-7-9-16(14-15)20(25)23-21-19(22(26)24-12-5-6-13-24)17-10-3-2-4-11-18(17)27-21/h7-9,14H,2-6,10-13H2,1H3,(H,23,25). The Morgan fingerprint density at radius 1 is 1.04 bits per heavy atom. The second-order valence-electron chi connectivity index (χ2n) is 7.59. The van der Waals surface area contributed by atoms with Gasteiger partial charge in [0.2, 0.25) is 0 Å². The second-order valence-corrected chi connectivity index (χ2v) is 8.70. The summed E-state index contributed by atoms with van der Waals surface area (Å²) in [5.74, 6) is -0.0305. The van der Waals surface area contributed by atoms with Crippen LogP contribution >= 0.6 is 11.3 Å². The summed E-state index contributed by atoms with van der Waals surface area (Å²) < 4.78 is 0. The van der Waals surface area contributed by atoms with Crippen molar-refractivity contribution in [3.05, 3.63) is 51.4 Å². The molecule has 4 nitrogen and oxygen atoms in total. The van der Waals surface area contributed by atoms with Crippen LogP contribution in [0.3, 0.4) is 0 Å². The number of hydrogen-bond acceptors (Lipinski definition) is 3. The number of carbonyl (C=O) groups is 2. The third kappa shape index (κ3) is 3.79. The van der Waals surface area contributed by atoms with Gasteiger partial charge in [0.25, 0.3) is 11.8 Å². The number of nitrogens with one attached hydrogen (secondary N) is 1. The average Bonchev–Trinajstić information content (AvgIpc) is 3.25. The largest absolute Gasteiger partial charge is 0.339 e. The SMILES string of the molecule is Cc1cccc(C(=O)Nc2sc3c(c2C(=O)N2CCCC2)CCCCC3)c1. The van der Waals surface area contributed by atoms with Crippen molar-refractivity contribution in [2.45, 2.75) is 51.9 Å². The zero-order valence-electron chi connectivity index (χ0n) is 15.8. The van der Waals surface area contributed by atoms with Crippen molar-refractivity contribution in [2.24, 2.45) is 0 Å². The minimum atomic E-state index is -0.134. The Labute approximate surface area is 164 Å². The van der Waals surface area contributed by atoms with Crippen LogP contribution in [-0.4, -0.2) is 29.8 Å². The molecule has 0 saturated carbocycles. The van der Waals surface area contributed by atoms with Gasteiger partial charge in [0, 0.05) is 23.5 Å². The number of likely N-dealkylation sites (tertiary alicyclic amines) is 1. The normalized spacial score (nSPS) is 16.7. The fraction of sp³-hybridized carbons (Fsp3) is 0.455. The molecule has 5 heteroatoms. The van der Waals surface area contributed by atoms with Crippen LogP contribution in [0.1, 0.15) is 68.8 Å². The molecule has 1 aromatic heterocycles. The molecular weight excluding hydrogens is 356 g/mol. The molecule has 2 amide bonds. The molecule has 1 saturated heterocycles. The zero-order chi connectivity index (χ0) is 18.8. The molecule has 142 valence electrons. The molecule has 0 unspecified atom stereocenters. The maximum Gasteiger partial charge on any atom is 0.257 e. The van der Waals surface area contributed by atoms with E-state index in [1.165, 1.54) is 16.9 Å². The van der Waals surface area contributed by atoms with E-state index in [0.29, 0.717) is 5.56 Å². The van der Waals surface area contributed by atoms with E-state index in [4.69, 9.17) is 0 Å². The molecule has 27 heavy (non-hydrogen) atoms. The van der Waals surface area contributed by atoms with Gasteiger partial charge in [-0.3, -0.25) is 9.59 Å². The number of hydrogen-bond donors (Lipinski definition) is 1. The van der Waals surface area contributed by atoms with Gasteiger partial charge in [-0.15, -0.1) is 11.3 Å². The molecule has 1 aliphatic heterocycles. The first-order chi connectivity index (χ1) is 13.1. The molecule has 2 aliphatic rings. The number of aryl methyl sites for hydroxylation is 2. The Morgan fingerprint density at radius 3 is 2.59 bits per heavy atom. The highest BCUT2D eigenvalue weighted by molar-refractivity contribution is 7.17. The van der Waals surface area contributed by atoms with Gasteiger partial charge >= 0.3 is 0 Å². The van der Waals surface area contributed by atoms with Gasteiger partial charge in [-0.05, 0) is 63.1 Å². The highest BCUT2D eigenvalue weighted by Crippen LogP contribution is 2.39. The molecule has 1 aromatic carbocycles. The lowest BCUT2D eigenvalue weighted by Gasteiger charge is -2.17. The molecule has 1 N–H and O–H groups in total. The van der Waals surface area contributed by atoms with Crippen molar-refractivity contribution < 1.29 is 9.59 Å². The third-order valence-electron chi connectivity index (χ3n) is 5.54. The number of amides is 2. The van der Waals surface area contributed by atoms with E-state index >= 15 is 0 Å². The Hall–Kier alpha value is -2.14. The van der Waals surface area contributed by atoms with E-state index in [9.17, 15) is 9.59 Å². The molecule has 0 radical (unpaired) electrons. The molecule has 4 rings (SSSR count). The number of rotatable bonds is 3. The molecule has 0 spiro atoms. The first-order valence-corrected chi connectivity index (χ1v) is 10.8. The topological polar surface area (TPSA) is 49.4 Å². The Bertz CT molecular complexity index is 865. The molecule has 1 fully saturated rings. The molecule has 0 atom stereocenters. The smallest absolute Gasteiger partial charge is 0.257 e. The van der Waals surface area contributed by atoms with Gasteiger partial charge in [0.15, 0.2) is 0 Å². The van der Waals surface area contributed by atoms with E-state index in [2.05, 4.69) is 5.32 Å². The van der Waals surface area contributed by atoms with E-state index in [-0.39, 0.29) is 11.8 Å². The minimum absolute atomic E-state index is 0.103. The summed E-state index contributed by atoms with van der Waals surface area (Å²) in [6.07, 6.45) is 7.60. The summed E-state index contributed by atoms with van der Waals surface area (Å²) >= 11 is 1.61. The summed E-state index contributed by atoms with van der Waals surface area (Å²) in [7, 11) is 0. The van der Waals surface area contributed by atoms with Crippen LogP contribution in [0.2, 0.25) is 0 Å². The molecular formula is C22H26N2O2S. The van der Waals surface area contributed by atoms with Crippen LogP contribution in [0.4, 0.5) is 5.00 Å². The summed E-state index contributed by atoms with van der Waals surface area (Å²) in [5.41, 5.74) is 3.64. The van der Waals surface area contributed by atoms with Crippen LogP contribution in [0, 0.1) is 6.92 Å². The number of benzene rings is 1. The van der Waals surface area contributed by atoms with Gasteiger partial charge in [-0.2, -0.15) is 0 Å². The van der Waals surface area contributed by atoms with Crippen LogP contribution in [0.15, 0.2) is 24.3 Å². The summed E-state index contributed by atoms with van der Waals surface area (Å²) in [6, 6.07) is 7.58. The highest BCUT2D eigenvalue weighted by atomic mass is 32.1. The van der Waals surface area contributed by atoms with E-state index in [1.54, 1.807) is 11.3 Å². The quantitative estimate of drug-likeness (QED) is 0.774. The monoisotopic (exact) mass is 382 g/mol. The number of fused-ring (bicyclic) bond motifs is 1. The predicted octanol–water partition coefficient (Wildman–Crippen LogP) is 4.81. The van der Waals surface area contributed by atoms with Crippen LogP contribution < -0.4 is 5.32 Å². The van der Waals surface area contributed by atoms with Crippen molar-refractivity contribution in [3.8, 4) is 0 Å². The maximum absolute atomic E-state index is 13.3. The third-order valence-corrected chi connectivity index (χ3v) is 6.74. The van der Waals surface area contributed by atoms with Crippen molar-refractivity contribution in [2.75, 3.05) is 18.4 Å². The number of carbonyl (C=O) groups excluding carboxylic acids is 2. The van der Waals surface area contributed by atoms with Gasteiger partial charge < -0.3 is 10.2 Å². The fourth-order valence-electron chi connectivity index (χ4n) is 4.10. The number of anilines is 1. The van der Waals surface area contributed by atoms with Crippen molar-refractivity contribution in [1.29, 1.82) is 0 Å². The fourth-order valence-corrected chi connectivity index (χ4v) is 5.37. The van der Waals surface area contributed by atoms with Crippen LogP contribution in [0.5, 0.6) is 0 Å². The lowest BCUT2D eigenvalue weighted by Crippen LogP contribution is -2.29. The highest BCUT2D eigenvalue weighted by Gasteiger charge is 2.30. The maximum atomic E-state index is 13.3. The molecule has 2 heterocycles. The average molecular weight is 383 g/mol. The lowest BCUT2D eigenvalue weighted by molar-refractivity contribution is 0.0793. The molecule has 1 aliphatic carbocycles. The zero-order valence-corrected chi connectivity index (χ0v) is 16.7. The molecule has 0 bridgehead atoms. The van der Waals surface area contributed by atoms with E-state index in [0.717, 1.165) is 67.7 Å². The molecule has 2 aromatic rings. The van der Waals surface area contributed by atoms with Gasteiger partial charge in [-0.25, -0.2) is 0 Å². The van der Waals surface area contributed by atoms with Crippen molar-refractivity contribution in [3.63, 3.8) is 0 Å². The van der Waals surface area contributed by atoms with Crippen LogP contribution in [-0.2, 0) is 12.8 Å². The van der Waals surface area contributed by atoms with Crippen molar-refractivity contribution >= 4 is 28.2 Å². The number of nitrogens with zero attached hydrogens (tertiary/aromatic N) is 1. The first-order valence-electron chi connectivity index (χ1n) is 9.95. The Balaban J connectivity index is 1.68. The Morgan fingerprint density at radius 2 is 1.81 bits per heavy atom. The van der Waals surface area contributed by atoms with Gasteiger partial charge in [0.05, 0.1) is 5.56 Å². The first kappa shape index (κ1) is 18.2. The second kappa shape index (κ2) is 7.85. The van der Waals surface area contributed by atoms with E-state index in [1.807, 2.05) is 36.1 Å². The van der Waals surface area contributed by atoms with Gasteiger partial charge in [0.1, 0.15) is 5.00 Å². The summed E-state index contributed by atoms with van der Waals surface area (Å²) in [6.45, 7) is 3.63. The summed E-state index contributed by atoms with van der Waals surface area (Å²) in [5, 5.41) is 3.81. The number of thiophene rings is 1. The minimum Gasteiger partial charge on any atom is -0.339 e. The predicted molar refractivity (Wildman–Crippen MR) is 110 cm³/mol.